The molecule has 1 unspecified atom stereocenters. The normalized spacial score (nSPS) is 22.0. The van der Waals surface area contributed by atoms with Crippen LogP contribution in [0.5, 0.6) is 0 Å². The van der Waals surface area contributed by atoms with Gasteiger partial charge in [-0.1, -0.05) is 30.3 Å². The van der Waals surface area contributed by atoms with Crippen molar-refractivity contribution in [3.63, 3.8) is 0 Å². The number of hydrogen-bond donors (Lipinski definition) is 2. The van der Waals surface area contributed by atoms with E-state index < -0.39 is 0 Å². The number of aliphatic hydroxyl groups is 2. The van der Waals surface area contributed by atoms with E-state index >= 15 is 0 Å². The van der Waals surface area contributed by atoms with Crippen molar-refractivity contribution in [3.05, 3.63) is 35.9 Å². The second-order valence-corrected chi connectivity index (χ2v) is 6.63. The Morgan fingerprint density at radius 1 is 1.19 bits per heavy atom. The van der Waals surface area contributed by atoms with Crippen LogP contribution in [-0.4, -0.2) is 54.1 Å². The van der Waals surface area contributed by atoms with Crippen molar-refractivity contribution in [1.82, 2.24) is 4.90 Å². The minimum atomic E-state index is -0.142. The maximum Gasteiger partial charge on any atom is 0.0589 e. The van der Waals surface area contributed by atoms with Crippen LogP contribution in [0, 0.1) is 11.3 Å². The number of nitrogens with zero attached hydrogens (tertiary/aromatic N) is 1. The highest BCUT2D eigenvalue weighted by Gasteiger charge is 2.43. The molecule has 21 heavy (non-hydrogen) atoms. The fourth-order valence-corrected chi connectivity index (χ4v) is 3.21. The predicted molar refractivity (Wildman–Crippen MR) is 80.8 cm³/mol. The van der Waals surface area contributed by atoms with Gasteiger partial charge in [0.15, 0.2) is 0 Å². The molecule has 1 aromatic rings. The summed E-state index contributed by atoms with van der Waals surface area (Å²) in [7, 11) is 0. The minimum absolute atomic E-state index is 0.142. The lowest BCUT2D eigenvalue weighted by atomic mass is 9.85. The van der Waals surface area contributed by atoms with Crippen LogP contribution >= 0.6 is 0 Å². The van der Waals surface area contributed by atoms with Gasteiger partial charge in [-0.05, 0) is 24.3 Å². The molecule has 116 valence electrons. The summed E-state index contributed by atoms with van der Waals surface area (Å²) in [5.41, 5.74) is 1.11. The first-order valence-electron chi connectivity index (χ1n) is 7.84. The highest BCUT2D eigenvalue weighted by atomic mass is 16.5. The average Bonchev–Trinajstić information content (AvgIpc) is 3.29. The maximum absolute atomic E-state index is 9.81. The Morgan fingerprint density at radius 3 is 2.38 bits per heavy atom. The van der Waals surface area contributed by atoms with Crippen LogP contribution in [0.25, 0.3) is 0 Å². The predicted octanol–water partition coefficient (Wildman–Crippen LogP) is 1.27. The van der Waals surface area contributed by atoms with Gasteiger partial charge in [0.25, 0.3) is 0 Å². The SMILES string of the molecule is OCC(C1CC1)N(Cc1ccccc1)CC1(CO)COC1. The van der Waals surface area contributed by atoms with Crippen molar-refractivity contribution in [2.75, 3.05) is 33.0 Å². The molecule has 1 saturated heterocycles. The fraction of sp³-hybridized carbons (Fsp3) is 0.647. The molecule has 2 N–H and O–H groups in total. The van der Waals surface area contributed by atoms with Gasteiger partial charge < -0.3 is 14.9 Å². The molecular weight excluding hydrogens is 266 g/mol. The van der Waals surface area contributed by atoms with Gasteiger partial charge in [0.1, 0.15) is 0 Å². The molecule has 0 radical (unpaired) electrons. The first-order chi connectivity index (χ1) is 10.3. The highest BCUT2D eigenvalue weighted by molar-refractivity contribution is 5.15. The highest BCUT2D eigenvalue weighted by Crippen LogP contribution is 2.38. The van der Waals surface area contributed by atoms with Crippen LogP contribution < -0.4 is 0 Å². The van der Waals surface area contributed by atoms with Crippen LogP contribution in [0.3, 0.4) is 0 Å². The van der Waals surface area contributed by atoms with Gasteiger partial charge in [-0.25, -0.2) is 0 Å². The monoisotopic (exact) mass is 291 g/mol. The van der Waals surface area contributed by atoms with Gasteiger partial charge in [0, 0.05) is 19.1 Å². The van der Waals surface area contributed by atoms with E-state index in [-0.39, 0.29) is 24.7 Å². The fourth-order valence-electron chi connectivity index (χ4n) is 3.21. The molecule has 0 bridgehead atoms. The molecule has 2 fully saturated rings. The quantitative estimate of drug-likeness (QED) is 0.757. The van der Waals surface area contributed by atoms with Crippen molar-refractivity contribution >= 4 is 0 Å². The van der Waals surface area contributed by atoms with Gasteiger partial charge in [-0.2, -0.15) is 0 Å². The first kappa shape index (κ1) is 15.0. The van der Waals surface area contributed by atoms with E-state index in [0.29, 0.717) is 19.1 Å². The first-order valence-corrected chi connectivity index (χ1v) is 7.84. The van der Waals surface area contributed by atoms with Gasteiger partial charge in [-0.3, -0.25) is 4.90 Å². The number of benzene rings is 1. The van der Waals surface area contributed by atoms with Crippen LogP contribution in [0.15, 0.2) is 30.3 Å². The van der Waals surface area contributed by atoms with Gasteiger partial charge in [0.2, 0.25) is 0 Å². The molecule has 1 saturated carbocycles. The molecule has 0 spiro atoms. The molecule has 2 aliphatic rings. The Kier molecular flexibility index (Phi) is 4.60. The third kappa shape index (κ3) is 3.46. The summed E-state index contributed by atoms with van der Waals surface area (Å²) in [6.45, 7) is 3.21. The van der Waals surface area contributed by atoms with Crippen molar-refractivity contribution in [1.29, 1.82) is 0 Å². The molecule has 0 amide bonds. The van der Waals surface area contributed by atoms with Crippen molar-refractivity contribution in [3.8, 4) is 0 Å². The van der Waals surface area contributed by atoms with Crippen LogP contribution in [0.1, 0.15) is 18.4 Å². The van der Waals surface area contributed by atoms with E-state index in [0.717, 1.165) is 13.1 Å². The summed E-state index contributed by atoms with van der Waals surface area (Å²) in [4.78, 5) is 2.35. The van der Waals surface area contributed by atoms with Crippen LogP contribution in [0.4, 0.5) is 0 Å². The van der Waals surface area contributed by atoms with E-state index in [2.05, 4.69) is 17.0 Å². The Labute approximate surface area is 126 Å². The molecule has 1 atom stereocenters. The van der Waals surface area contributed by atoms with Crippen molar-refractivity contribution in [2.24, 2.45) is 11.3 Å². The lowest BCUT2D eigenvalue weighted by molar-refractivity contribution is -0.154. The molecule has 1 aliphatic carbocycles. The standard InChI is InChI=1S/C17H25NO3/c19-9-16(15-6-7-15)18(8-14-4-2-1-3-5-14)10-17(11-20)12-21-13-17/h1-5,15-16,19-20H,6-13H2. The molecular formula is C17H25NO3. The summed E-state index contributed by atoms with van der Waals surface area (Å²) < 4.78 is 5.32. The van der Waals surface area contributed by atoms with Crippen LogP contribution in [0.2, 0.25) is 0 Å². The number of rotatable bonds is 8. The lowest BCUT2D eigenvalue weighted by Gasteiger charge is -2.45. The molecule has 0 aromatic heterocycles. The van der Waals surface area contributed by atoms with E-state index in [4.69, 9.17) is 4.74 Å². The van der Waals surface area contributed by atoms with Crippen molar-refractivity contribution < 1.29 is 14.9 Å². The Bertz CT molecular complexity index is 437. The zero-order chi connectivity index (χ0) is 14.7. The number of ether oxygens (including phenoxy) is 1. The zero-order valence-corrected chi connectivity index (χ0v) is 12.4. The minimum Gasteiger partial charge on any atom is -0.396 e. The average molecular weight is 291 g/mol. The third-order valence-corrected chi connectivity index (χ3v) is 4.74. The second kappa shape index (κ2) is 6.44. The van der Waals surface area contributed by atoms with Crippen LogP contribution in [-0.2, 0) is 11.3 Å². The van der Waals surface area contributed by atoms with Gasteiger partial charge >= 0.3 is 0 Å². The Balaban J connectivity index is 1.73. The largest absolute Gasteiger partial charge is 0.396 e. The molecule has 1 aliphatic heterocycles. The van der Waals surface area contributed by atoms with E-state index in [1.807, 2.05) is 18.2 Å². The Hall–Kier alpha value is -0.940. The third-order valence-electron chi connectivity index (χ3n) is 4.74. The maximum atomic E-state index is 9.81. The zero-order valence-electron chi connectivity index (χ0n) is 12.4. The summed E-state index contributed by atoms with van der Waals surface area (Å²) in [6, 6.07) is 10.6. The number of aliphatic hydroxyl groups excluding tert-OH is 2. The summed E-state index contributed by atoms with van der Waals surface area (Å²) >= 11 is 0. The molecule has 1 heterocycles. The van der Waals surface area contributed by atoms with Gasteiger partial charge in [0.05, 0.1) is 31.8 Å². The van der Waals surface area contributed by atoms with E-state index in [1.165, 1.54) is 18.4 Å². The summed E-state index contributed by atoms with van der Waals surface area (Å²) in [6.07, 6.45) is 2.41. The second-order valence-electron chi connectivity index (χ2n) is 6.63. The molecule has 1 aromatic carbocycles. The molecule has 4 heteroatoms. The topological polar surface area (TPSA) is 52.9 Å². The molecule has 4 nitrogen and oxygen atoms in total. The summed E-state index contributed by atoms with van der Waals surface area (Å²) in [5.74, 6) is 0.607. The summed E-state index contributed by atoms with van der Waals surface area (Å²) in [5, 5.41) is 19.5. The lowest BCUT2D eigenvalue weighted by Crippen LogP contribution is -2.55. The molecule has 3 rings (SSSR count). The van der Waals surface area contributed by atoms with Gasteiger partial charge in [-0.15, -0.1) is 0 Å². The smallest absolute Gasteiger partial charge is 0.0589 e. The van der Waals surface area contributed by atoms with E-state index in [1.54, 1.807) is 0 Å². The van der Waals surface area contributed by atoms with Crippen molar-refractivity contribution in [2.45, 2.75) is 25.4 Å². The Morgan fingerprint density at radius 2 is 1.90 bits per heavy atom. The van der Waals surface area contributed by atoms with E-state index in [9.17, 15) is 10.2 Å². The number of hydrogen-bond acceptors (Lipinski definition) is 4.